The van der Waals surface area contributed by atoms with Crippen LogP contribution >= 0.6 is 15.9 Å². The molecule has 1 heterocycles. The Labute approximate surface area is 102 Å². The maximum absolute atomic E-state index is 8.78. The lowest BCUT2D eigenvalue weighted by Crippen LogP contribution is -2.07. The monoisotopic (exact) mass is 281 g/mol. The first-order valence-electron chi connectivity index (χ1n) is 4.91. The van der Waals surface area contributed by atoms with Crippen LogP contribution in [0, 0.1) is 0 Å². The molecule has 0 bridgehead atoms. The van der Waals surface area contributed by atoms with E-state index in [1.807, 2.05) is 18.2 Å². The minimum Gasteiger partial charge on any atom is -0.399 e. The highest BCUT2D eigenvalue weighted by Gasteiger charge is 2.05. The second-order valence-corrected chi connectivity index (χ2v) is 4.26. The molecule has 1 aromatic carbocycles. The van der Waals surface area contributed by atoms with Crippen molar-refractivity contribution in [2.24, 2.45) is 0 Å². The Morgan fingerprint density at radius 1 is 1.38 bits per heavy atom. The molecule has 16 heavy (non-hydrogen) atoms. The van der Waals surface area contributed by atoms with Gasteiger partial charge in [-0.1, -0.05) is 0 Å². The summed E-state index contributed by atoms with van der Waals surface area (Å²) in [5.74, 6) is 0.757. The number of anilines is 2. The lowest BCUT2D eigenvalue weighted by Gasteiger charge is -2.09. The quantitative estimate of drug-likeness (QED) is 0.753. The number of hydrogen-bond donors (Lipinski definition) is 3. The molecule has 0 radical (unpaired) electrons. The van der Waals surface area contributed by atoms with E-state index in [-0.39, 0.29) is 6.61 Å². The summed E-state index contributed by atoms with van der Waals surface area (Å²) < 4.78 is 0.907. The molecule has 2 rings (SSSR count). The van der Waals surface area contributed by atoms with Crippen molar-refractivity contribution < 1.29 is 5.11 Å². The van der Waals surface area contributed by atoms with Crippen molar-refractivity contribution in [2.45, 2.75) is 0 Å². The van der Waals surface area contributed by atoms with Crippen molar-refractivity contribution in [3.63, 3.8) is 0 Å². The molecule has 84 valence electrons. The Balaban J connectivity index is 2.55. The van der Waals surface area contributed by atoms with Crippen molar-refractivity contribution in [2.75, 3.05) is 24.2 Å². The highest BCUT2D eigenvalue weighted by Crippen LogP contribution is 2.29. The minimum atomic E-state index is 0.0776. The summed E-state index contributed by atoms with van der Waals surface area (Å²) >= 11 is 3.44. The zero-order valence-corrected chi connectivity index (χ0v) is 10.2. The Morgan fingerprint density at radius 3 is 2.94 bits per heavy atom. The summed E-state index contributed by atoms with van der Waals surface area (Å²) in [6.45, 7) is 0.558. The van der Waals surface area contributed by atoms with Crippen LogP contribution in [0.1, 0.15) is 0 Å². The normalized spacial score (nSPS) is 10.6. The molecule has 0 fully saturated rings. The minimum absolute atomic E-state index is 0.0776. The van der Waals surface area contributed by atoms with E-state index in [4.69, 9.17) is 10.8 Å². The number of hydrogen-bond acceptors (Lipinski definition) is 4. The average Bonchev–Trinajstić information content (AvgIpc) is 2.29. The van der Waals surface area contributed by atoms with E-state index in [2.05, 4.69) is 26.2 Å². The predicted octanol–water partition coefficient (Wildman–Crippen LogP) is 1.98. The summed E-state index contributed by atoms with van der Waals surface area (Å²) in [5.41, 5.74) is 6.46. The smallest absolute Gasteiger partial charge is 0.133 e. The molecule has 0 saturated carbocycles. The first-order chi connectivity index (χ1) is 7.72. The maximum atomic E-state index is 8.78. The van der Waals surface area contributed by atoms with Crippen molar-refractivity contribution in [1.82, 2.24) is 4.98 Å². The van der Waals surface area contributed by atoms with E-state index < -0.39 is 0 Å². The lowest BCUT2D eigenvalue weighted by atomic mass is 10.1. The van der Waals surface area contributed by atoms with Crippen LogP contribution in [0.4, 0.5) is 11.5 Å². The summed E-state index contributed by atoms with van der Waals surface area (Å²) in [6, 6.07) is 5.65. The SMILES string of the molecule is Nc1ccc2c(NCCO)ncc(Br)c2c1. The van der Waals surface area contributed by atoms with E-state index in [0.717, 1.165) is 21.1 Å². The number of aromatic nitrogens is 1. The summed E-state index contributed by atoms with van der Waals surface area (Å²) in [5, 5.41) is 13.8. The van der Waals surface area contributed by atoms with Crippen molar-refractivity contribution in [3.05, 3.63) is 28.9 Å². The largest absolute Gasteiger partial charge is 0.399 e. The van der Waals surface area contributed by atoms with Gasteiger partial charge in [0.15, 0.2) is 0 Å². The fourth-order valence-corrected chi connectivity index (χ4v) is 1.97. The highest BCUT2D eigenvalue weighted by atomic mass is 79.9. The van der Waals surface area contributed by atoms with E-state index in [1.165, 1.54) is 0 Å². The Morgan fingerprint density at radius 2 is 2.19 bits per heavy atom. The topological polar surface area (TPSA) is 71.2 Å². The number of benzene rings is 1. The number of nitrogen functional groups attached to an aromatic ring is 1. The van der Waals surface area contributed by atoms with Crippen LogP contribution in [-0.4, -0.2) is 23.2 Å². The summed E-state index contributed by atoms with van der Waals surface area (Å²) in [7, 11) is 0. The van der Waals surface area contributed by atoms with Gasteiger partial charge in [-0.15, -0.1) is 0 Å². The van der Waals surface area contributed by atoms with Crippen LogP contribution in [0.3, 0.4) is 0 Å². The van der Waals surface area contributed by atoms with Gasteiger partial charge < -0.3 is 16.2 Å². The number of nitrogens with two attached hydrogens (primary N) is 1. The number of pyridine rings is 1. The summed E-state index contributed by atoms with van der Waals surface area (Å²) in [6.07, 6.45) is 1.72. The Hall–Kier alpha value is -1.33. The molecule has 0 aliphatic heterocycles. The molecule has 4 nitrogen and oxygen atoms in total. The summed E-state index contributed by atoms with van der Waals surface area (Å²) in [4.78, 5) is 4.26. The van der Waals surface area contributed by atoms with Gasteiger partial charge in [0, 0.05) is 33.7 Å². The number of aliphatic hydroxyl groups is 1. The fourth-order valence-electron chi connectivity index (χ4n) is 1.54. The van der Waals surface area contributed by atoms with Crippen LogP contribution < -0.4 is 11.1 Å². The third-order valence-corrected chi connectivity index (χ3v) is 2.90. The standard InChI is InChI=1S/C11H12BrN3O/c12-10-6-15-11(14-3-4-16)8-2-1-7(13)5-9(8)10/h1-2,5-6,16H,3-4,13H2,(H,14,15). The first kappa shape index (κ1) is 11.2. The van der Waals surface area contributed by atoms with Crippen molar-refractivity contribution in [3.8, 4) is 0 Å². The van der Waals surface area contributed by atoms with Gasteiger partial charge in [-0.2, -0.15) is 0 Å². The number of rotatable bonds is 3. The van der Waals surface area contributed by atoms with Gasteiger partial charge in [0.25, 0.3) is 0 Å². The van der Waals surface area contributed by atoms with Gasteiger partial charge in [0.05, 0.1) is 6.61 Å². The number of aliphatic hydroxyl groups excluding tert-OH is 1. The average molecular weight is 282 g/mol. The van der Waals surface area contributed by atoms with Gasteiger partial charge in [0.1, 0.15) is 5.82 Å². The van der Waals surface area contributed by atoms with E-state index >= 15 is 0 Å². The molecule has 0 amide bonds. The lowest BCUT2D eigenvalue weighted by molar-refractivity contribution is 0.311. The molecule has 0 unspecified atom stereocenters. The third-order valence-electron chi connectivity index (χ3n) is 2.27. The second kappa shape index (κ2) is 4.67. The van der Waals surface area contributed by atoms with Gasteiger partial charge in [0.2, 0.25) is 0 Å². The molecule has 0 aliphatic carbocycles. The van der Waals surface area contributed by atoms with Gasteiger partial charge in [-0.3, -0.25) is 0 Å². The molecule has 5 heteroatoms. The number of nitrogens with one attached hydrogen (secondary N) is 1. The molecular formula is C11H12BrN3O. The second-order valence-electron chi connectivity index (χ2n) is 3.41. The predicted molar refractivity (Wildman–Crippen MR) is 69.4 cm³/mol. The van der Waals surface area contributed by atoms with E-state index in [1.54, 1.807) is 6.20 Å². The number of nitrogens with zero attached hydrogens (tertiary/aromatic N) is 1. The van der Waals surface area contributed by atoms with Crippen molar-refractivity contribution >= 4 is 38.2 Å². The zero-order valence-electron chi connectivity index (χ0n) is 8.57. The van der Waals surface area contributed by atoms with Gasteiger partial charge in [-0.05, 0) is 34.1 Å². The van der Waals surface area contributed by atoms with Crippen LogP contribution in [0.25, 0.3) is 10.8 Å². The fraction of sp³-hybridized carbons (Fsp3) is 0.182. The highest BCUT2D eigenvalue weighted by molar-refractivity contribution is 9.10. The number of fused-ring (bicyclic) bond motifs is 1. The molecular weight excluding hydrogens is 270 g/mol. The Bertz CT molecular complexity index is 516. The molecule has 0 aliphatic rings. The molecule has 0 spiro atoms. The van der Waals surface area contributed by atoms with E-state index in [9.17, 15) is 0 Å². The Kier molecular flexibility index (Phi) is 3.26. The van der Waals surface area contributed by atoms with Crippen molar-refractivity contribution in [1.29, 1.82) is 0 Å². The van der Waals surface area contributed by atoms with Crippen LogP contribution in [-0.2, 0) is 0 Å². The van der Waals surface area contributed by atoms with Crippen LogP contribution in [0.2, 0.25) is 0 Å². The van der Waals surface area contributed by atoms with E-state index in [0.29, 0.717) is 12.2 Å². The molecule has 2 aromatic rings. The molecule has 0 saturated heterocycles. The van der Waals surface area contributed by atoms with Crippen LogP contribution in [0.15, 0.2) is 28.9 Å². The van der Waals surface area contributed by atoms with Gasteiger partial charge >= 0.3 is 0 Å². The molecule has 0 atom stereocenters. The molecule has 4 N–H and O–H groups in total. The first-order valence-corrected chi connectivity index (χ1v) is 5.70. The maximum Gasteiger partial charge on any atom is 0.133 e. The third kappa shape index (κ3) is 2.10. The zero-order chi connectivity index (χ0) is 11.5. The molecule has 1 aromatic heterocycles. The van der Waals surface area contributed by atoms with Gasteiger partial charge in [-0.25, -0.2) is 4.98 Å². The van der Waals surface area contributed by atoms with Crippen LogP contribution in [0.5, 0.6) is 0 Å². The number of halogens is 1.